The Kier molecular flexibility index (Phi) is 5.33. The molecule has 1 heterocycles. The predicted molar refractivity (Wildman–Crippen MR) is 61.4 cm³/mol. The summed E-state index contributed by atoms with van der Waals surface area (Å²) in [5.41, 5.74) is 5.79. The third-order valence-electron chi connectivity index (χ3n) is 2.40. The van der Waals surface area contributed by atoms with Crippen LogP contribution < -0.4 is 11.1 Å². The van der Waals surface area contributed by atoms with Crippen molar-refractivity contribution in [1.82, 2.24) is 5.32 Å². The lowest BCUT2D eigenvalue weighted by Gasteiger charge is -2.14. The Labute approximate surface area is 90.2 Å². The van der Waals surface area contributed by atoms with Crippen LogP contribution in [0.4, 0.5) is 0 Å². The van der Waals surface area contributed by atoms with Gasteiger partial charge in [0.15, 0.2) is 0 Å². The lowest BCUT2D eigenvalue weighted by Crippen LogP contribution is -2.38. The molecule has 0 aromatic carbocycles. The smallest absolute Gasteiger partial charge is 0.221 e. The van der Waals surface area contributed by atoms with E-state index in [9.17, 15) is 4.79 Å². The maximum Gasteiger partial charge on any atom is 0.221 e. The van der Waals surface area contributed by atoms with Gasteiger partial charge in [0.2, 0.25) is 5.91 Å². The molecule has 2 unspecified atom stereocenters. The van der Waals surface area contributed by atoms with Gasteiger partial charge in [0, 0.05) is 24.3 Å². The molecule has 1 aliphatic heterocycles. The highest BCUT2D eigenvalue weighted by molar-refractivity contribution is 7.99. The number of nitrogens with two attached hydrogens (primary N) is 1. The van der Waals surface area contributed by atoms with E-state index in [0.29, 0.717) is 12.5 Å². The van der Waals surface area contributed by atoms with Crippen LogP contribution >= 0.6 is 11.8 Å². The van der Waals surface area contributed by atoms with Crippen molar-refractivity contribution in [2.45, 2.75) is 44.7 Å². The Morgan fingerprint density at radius 3 is 3.07 bits per heavy atom. The number of carbonyl (C=O) groups excluding carboxylic acids is 1. The molecule has 0 aliphatic carbocycles. The number of hydrogen-bond donors (Lipinski definition) is 2. The molecule has 3 N–H and O–H groups in total. The molecule has 3 nitrogen and oxygen atoms in total. The van der Waals surface area contributed by atoms with E-state index < -0.39 is 0 Å². The minimum absolute atomic E-state index is 0.0362. The van der Waals surface area contributed by atoms with Crippen LogP contribution in [0.3, 0.4) is 0 Å². The van der Waals surface area contributed by atoms with Crippen molar-refractivity contribution in [2.24, 2.45) is 5.73 Å². The first-order chi connectivity index (χ1) is 6.72. The van der Waals surface area contributed by atoms with Gasteiger partial charge in [0.25, 0.3) is 0 Å². The van der Waals surface area contributed by atoms with Crippen molar-refractivity contribution in [3.63, 3.8) is 0 Å². The Hall–Kier alpha value is -0.220. The summed E-state index contributed by atoms with van der Waals surface area (Å²) in [5, 5.41) is 3.03. The molecule has 0 aromatic heterocycles. The van der Waals surface area contributed by atoms with E-state index in [-0.39, 0.29) is 11.9 Å². The summed E-state index contributed by atoms with van der Waals surface area (Å²) in [6, 6.07) is 0.426. The van der Waals surface area contributed by atoms with Crippen LogP contribution in [-0.2, 0) is 4.79 Å². The number of rotatable bonds is 5. The summed E-state index contributed by atoms with van der Waals surface area (Å²) in [4.78, 5) is 11.5. The maximum atomic E-state index is 11.5. The van der Waals surface area contributed by atoms with Gasteiger partial charge in [0.1, 0.15) is 0 Å². The standard InChI is InChI=1S/C10H20N2OS/c1-2-3-8(11)6-10(13)12-9-4-5-14-7-9/h8-9H,2-7,11H2,1H3,(H,12,13). The molecule has 2 atom stereocenters. The Morgan fingerprint density at radius 1 is 1.71 bits per heavy atom. The lowest BCUT2D eigenvalue weighted by atomic mass is 10.1. The van der Waals surface area contributed by atoms with Crippen LogP contribution in [0.5, 0.6) is 0 Å². The van der Waals surface area contributed by atoms with E-state index in [0.717, 1.165) is 25.0 Å². The average molecular weight is 216 g/mol. The van der Waals surface area contributed by atoms with Gasteiger partial charge in [0.05, 0.1) is 0 Å². The lowest BCUT2D eigenvalue weighted by molar-refractivity contribution is -0.122. The Bertz CT molecular complexity index is 181. The van der Waals surface area contributed by atoms with Gasteiger partial charge in [-0.1, -0.05) is 13.3 Å². The molecular weight excluding hydrogens is 196 g/mol. The molecule has 1 rings (SSSR count). The van der Waals surface area contributed by atoms with Gasteiger partial charge in [-0.25, -0.2) is 0 Å². The van der Waals surface area contributed by atoms with Gasteiger partial charge in [-0.2, -0.15) is 11.8 Å². The number of carbonyl (C=O) groups is 1. The van der Waals surface area contributed by atoms with E-state index in [1.807, 2.05) is 11.8 Å². The fraction of sp³-hybridized carbons (Fsp3) is 0.900. The summed E-state index contributed by atoms with van der Waals surface area (Å²) in [6.45, 7) is 2.09. The molecule has 0 spiro atoms. The summed E-state index contributed by atoms with van der Waals surface area (Å²) in [7, 11) is 0. The minimum atomic E-state index is 0.0362. The van der Waals surface area contributed by atoms with Crippen molar-refractivity contribution >= 4 is 17.7 Å². The van der Waals surface area contributed by atoms with Crippen LogP contribution in [0.15, 0.2) is 0 Å². The first kappa shape index (κ1) is 11.9. The van der Waals surface area contributed by atoms with Gasteiger partial charge in [-0.3, -0.25) is 4.79 Å². The maximum absolute atomic E-state index is 11.5. The van der Waals surface area contributed by atoms with Crippen molar-refractivity contribution in [3.05, 3.63) is 0 Å². The second-order valence-electron chi connectivity index (χ2n) is 3.88. The molecule has 82 valence electrons. The van der Waals surface area contributed by atoms with E-state index in [4.69, 9.17) is 5.73 Å². The molecule has 1 saturated heterocycles. The molecule has 1 aliphatic rings. The predicted octanol–water partition coefficient (Wildman–Crippen LogP) is 1.13. The zero-order valence-electron chi connectivity index (χ0n) is 8.79. The fourth-order valence-electron chi connectivity index (χ4n) is 1.65. The van der Waals surface area contributed by atoms with Gasteiger partial charge >= 0.3 is 0 Å². The largest absolute Gasteiger partial charge is 0.352 e. The fourth-order valence-corrected chi connectivity index (χ4v) is 2.80. The van der Waals surface area contributed by atoms with E-state index in [1.54, 1.807) is 0 Å². The summed E-state index contributed by atoms with van der Waals surface area (Å²) in [6.07, 6.45) is 3.58. The molecule has 1 fully saturated rings. The Morgan fingerprint density at radius 2 is 2.50 bits per heavy atom. The topological polar surface area (TPSA) is 55.1 Å². The molecule has 14 heavy (non-hydrogen) atoms. The van der Waals surface area contributed by atoms with Crippen LogP contribution in [0.25, 0.3) is 0 Å². The molecule has 0 aromatic rings. The highest BCUT2D eigenvalue weighted by Crippen LogP contribution is 2.17. The first-order valence-electron chi connectivity index (χ1n) is 5.35. The highest BCUT2D eigenvalue weighted by Gasteiger charge is 2.18. The first-order valence-corrected chi connectivity index (χ1v) is 6.50. The normalized spacial score (nSPS) is 23.4. The van der Waals surface area contributed by atoms with Crippen LogP contribution in [0.2, 0.25) is 0 Å². The molecule has 4 heteroatoms. The zero-order chi connectivity index (χ0) is 10.4. The molecule has 0 radical (unpaired) electrons. The Balaban J connectivity index is 2.14. The molecule has 0 bridgehead atoms. The van der Waals surface area contributed by atoms with Gasteiger partial charge < -0.3 is 11.1 Å². The summed E-state index contributed by atoms with van der Waals surface area (Å²) >= 11 is 1.91. The number of thioether (sulfide) groups is 1. The number of hydrogen-bond acceptors (Lipinski definition) is 3. The third kappa shape index (κ3) is 4.33. The molecular formula is C10H20N2OS. The second-order valence-corrected chi connectivity index (χ2v) is 5.03. The number of amides is 1. The SMILES string of the molecule is CCCC(N)CC(=O)NC1CCSC1. The van der Waals surface area contributed by atoms with Crippen LogP contribution in [-0.4, -0.2) is 29.5 Å². The van der Waals surface area contributed by atoms with Crippen molar-refractivity contribution in [2.75, 3.05) is 11.5 Å². The second kappa shape index (κ2) is 6.30. The minimum Gasteiger partial charge on any atom is -0.352 e. The summed E-state index contributed by atoms with van der Waals surface area (Å²) < 4.78 is 0. The quantitative estimate of drug-likeness (QED) is 0.724. The van der Waals surface area contributed by atoms with Gasteiger partial charge in [-0.05, 0) is 18.6 Å². The van der Waals surface area contributed by atoms with Crippen molar-refractivity contribution in [1.29, 1.82) is 0 Å². The van der Waals surface area contributed by atoms with Crippen molar-refractivity contribution in [3.8, 4) is 0 Å². The van der Waals surface area contributed by atoms with E-state index >= 15 is 0 Å². The van der Waals surface area contributed by atoms with E-state index in [2.05, 4.69) is 12.2 Å². The molecule has 1 amide bonds. The summed E-state index contributed by atoms with van der Waals surface area (Å²) in [5.74, 6) is 2.36. The monoisotopic (exact) mass is 216 g/mol. The molecule has 0 saturated carbocycles. The highest BCUT2D eigenvalue weighted by atomic mass is 32.2. The number of nitrogens with one attached hydrogen (secondary N) is 1. The van der Waals surface area contributed by atoms with Gasteiger partial charge in [-0.15, -0.1) is 0 Å². The van der Waals surface area contributed by atoms with Crippen LogP contribution in [0.1, 0.15) is 32.6 Å². The third-order valence-corrected chi connectivity index (χ3v) is 3.56. The zero-order valence-corrected chi connectivity index (χ0v) is 9.61. The van der Waals surface area contributed by atoms with Crippen molar-refractivity contribution < 1.29 is 4.79 Å². The average Bonchev–Trinajstić information content (AvgIpc) is 2.56. The van der Waals surface area contributed by atoms with Crippen LogP contribution in [0, 0.1) is 0 Å². The van der Waals surface area contributed by atoms with E-state index in [1.165, 1.54) is 5.75 Å².